The predicted molar refractivity (Wildman–Crippen MR) is 59.3 cm³/mol. The molecular weight excluding hydrogens is 176 g/mol. The van der Waals surface area contributed by atoms with Crippen LogP contribution in [-0.4, -0.2) is 11.1 Å². The summed E-state index contributed by atoms with van der Waals surface area (Å²) in [6, 6.07) is 0. The second-order valence-corrected chi connectivity index (χ2v) is 4.80. The van der Waals surface area contributed by atoms with Crippen LogP contribution in [0.3, 0.4) is 0 Å². The van der Waals surface area contributed by atoms with E-state index in [2.05, 4.69) is 34.6 Å². The summed E-state index contributed by atoms with van der Waals surface area (Å²) < 4.78 is 0. The Morgan fingerprint density at radius 2 is 1.43 bits per heavy atom. The molecule has 0 rings (SSSR count). The summed E-state index contributed by atoms with van der Waals surface area (Å²) in [7, 11) is 0. The van der Waals surface area contributed by atoms with Gasteiger partial charge in [-0.3, -0.25) is 4.79 Å². The number of carboxylic acids is 1. The Morgan fingerprint density at radius 1 is 1.07 bits per heavy atom. The van der Waals surface area contributed by atoms with Crippen molar-refractivity contribution >= 4 is 5.97 Å². The van der Waals surface area contributed by atoms with Crippen molar-refractivity contribution in [3.05, 3.63) is 0 Å². The van der Waals surface area contributed by atoms with E-state index in [-0.39, 0.29) is 17.3 Å². The Morgan fingerprint density at radius 3 is 1.64 bits per heavy atom. The van der Waals surface area contributed by atoms with Crippen molar-refractivity contribution in [2.75, 3.05) is 0 Å². The van der Waals surface area contributed by atoms with Crippen molar-refractivity contribution in [2.45, 2.75) is 60.3 Å². The lowest BCUT2D eigenvalue weighted by Crippen LogP contribution is -2.38. The van der Waals surface area contributed by atoms with Gasteiger partial charge in [-0.25, -0.2) is 0 Å². The molecule has 0 aliphatic heterocycles. The first-order valence-corrected chi connectivity index (χ1v) is 5.57. The van der Waals surface area contributed by atoms with Gasteiger partial charge in [0.15, 0.2) is 0 Å². The molecule has 0 aromatic heterocycles. The standard InChI is InChI=1S/C12H24O2/c1-6-12(7-2,8-3)11(4,5)9-10(13)14/h6-9H2,1-5H3,(H,13,14). The van der Waals surface area contributed by atoms with E-state index in [1.54, 1.807) is 0 Å². The number of aliphatic carboxylic acids is 1. The summed E-state index contributed by atoms with van der Waals surface area (Å²) in [4.78, 5) is 10.8. The van der Waals surface area contributed by atoms with Crippen LogP contribution in [0.15, 0.2) is 0 Å². The fourth-order valence-electron chi connectivity index (χ4n) is 2.75. The van der Waals surface area contributed by atoms with Crippen LogP contribution >= 0.6 is 0 Å². The maximum atomic E-state index is 10.8. The van der Waals surface area contributed by atoms with Crippen molar-refractivity contribution in [3.63, 3.8) is 0 Å². The number of rotatable bonds is 6. The zero-order valence-corrected chi connectivity index (χ0v) is 10.2. The summed E-state index contributed by atoms with van der Waals surface area (Å²) in [5.41, 5.74) is 0.0580. The fourth-order valence-corrected chi connectivity index (χ4v) is 2.75. The van der Waals surface area contributed by atoms with Gasteiger partial charge in [0.25, 0.3) is 0 Å². The molecule has 0 spiro atoms. The van der Waals surface area contributed by atoms with Crippen LogP contribution in [-0.2, 0) is 4.79 Å². The number of carboxylic acid groups (broad SMARTS) is 1. The first-order chi connectivity index (χ1) is 6.35. The van der Waals surface area contributed by atoms with Gasteiger partial charge in [-0.1, -0.05) is 34.6 Å². The van der Waals surface area contributed by atoms with Crippen LogP contribution in [0.2, 0.25) is 0 Å². The largest absolute Gasteiger partial charge is 0.481 e. The van der Waals surface area contributed by atoms with Gasteiger partial charge in [0.1, 0.15) is 0 Å². The van der Waals surface area contributed by atoms with Crippen LogP contribution in [0.25, 0.3) is 0 Å². The molecule has 0 heterocycles. The Bertz CT molecular complexity index is 182. The predicted octanol–water partition coefficient (Wildman–Crippen LogP) is 3.70. The van der Waals surface area contributed by atoms with Crippen LogP contribution in [0.5, 0.6) is 0 Å². The van der Waals surface area contributed by atoms with Crippen LogP contribution < -0.4 is 0 Å². The van der Waals surface area contributed by atoms with Gasteiger partial charge in [-0.2, -0.15) is 0 Å². The quantitative estimate of drug-likeness (QED) is 0.709. The molecule has 0 saturated carbocycles. The summed E-state index contributed by atoms with van der Waals surface area (Å²) in [5.74, 6) is -0.685. The minimum atomic E-state index is -0.685. The molecule has 84 valence electrons. The van der Waals surface area contributed by atoms with Gasteiger partial charge in [0, 0.05) is 0 Å². The summed E-state index contributed by atoms with van der Waals surface area (Å²) in [6.45, 7) is 10.7. The highest BCUT2D eigenvalue weighted by molar-refractivity contribution is 5.67. The lowest BCUT2D eigenvalue weighted by Gasteiger charge is -2.45. The SMILES string of the molecule is CCC(CC)(CC)C(C)(C)CC(=O)O. The van der Waals surface area contributed by atoms with E-state index in [9.17, 15) is 4.79 Å². The number of hydrogen-bond donors (Lipinski definition) is 1. The van der Waals surface area contributed by atoms with E-state index >= 15 is 0 Å². The van der Waals surface area contributed by atoms with Crippen molar-refractivity contribution in [3.8, 4) is 0 Å². The van der Waals surface area contributed by atoms with Crippen molar-refractivity contribution < 1.29 is 9.90 Å². The molecule has 2 nitrogen and oxygen atoms in total. The van der Waals surface area contributed by atoms with Crippen molar-refractivity contribution in [1.29, 1.82) is 0 Å². The molecular formula is C12H24O2. The minimum Gasteiger partial charge on any atom is -0.481 e. The number of hydrogen-bond acceptors (Lipinski definition) is 1. The van der Waals surface area contributed by atoms with Crippen molar-refractivity contribution in [2.24, 2.45) is 10.8 Å². The van der Waals surface area contributed by atoms with E-state index in [1.807, 2.05) is 0 Å². The molecule has 0 saturated heterocycles. The Hall–Kier alpha value is -0.530. The monoisotopic (exact) mass is 200 g/mol. The Balaban J connectivity index is 4.87. The molecule has 0 aromatic rings. The summed E-state index contributed by atoms with van der Waals surface area (Å²) in [5, 5.41) is 8.90. The third-order valence-electron chi connectivity index (χ3n) is 4.06. The van der Waals surface area contributed by atoms with Gasteiger partial charge in [-0.15, -0.1) is 0 Å². The second kappa shape index (κ2) is 4.81. The second-order valence-electron chi connectivity index (χ2n) is 4.80. The Labute approximate surface area is 87.7 Å². The van der Waals surface area contributed by atoms with E-state index in [0.717, 1.165) is 19.3 Å². The molecule has 0 aliphatic rings. The minimum absolute atomic E-state index is 0.114. The Kier molecular flexibility index (Phi) is 4.63. The smallest absolute Gasteiger partial charge is 0.303 e. The molecule has 1 N–H and O–H groups in total. The third kappa shape index (κ3) is 2.49. The molecule has 0 radical (unpaired) electrons. The van der Waals surface area contributed by atoms with E-state index in [4.69, 9.17) is 5.11 Å². The van der Waals surface area contributed by atoms with Gasteiger partial charge in [0.2, 0.25) is 0 Å². The molecule has 0 aromatic carbocycles. The summed E-state index contributed by atoms with van der Waals surface area (Å²) in [6.07, 6.45) is 3.43. The van der Waals surface area contributed by atoms with Crippen LogP contribution in [0.1, 0.15) is 60.3 Å². The molecule has 0 unspecified atom stereocenters. The number of carbonyl (C=O) groups is 1. The van der Waals surface area contributed by atoms with E-state index in [0.29, 0.717) is 0 Å². The lowest BCUT2D eigenvalue weighted by atomic mass is 9.59. The molecule has 14 heavy (non-hydrogen) atoms. The van der Waals surface area contributed by atoms with Crippen LogP contribution in [0, 0.1) is 10.8 Å². The lowest BCUT2D eigenvalue weighted by molar-refractivity contribution is -0.142. The highest BCUT2D eigenvalue weighted by Gasteiger charge is 2.41. The maximum Gasteiger partial charge on any atom is 0.303 e. The zero-order chi connectivity index (χ0) is 11.4. The average molecular weight is 200 g/mol. The average Bonchev–Trinajstić information content (AvgIpc) is 2.05. The third-order valence-corrected chi connectivity index (χ3v) is 4.06. The first kappa shape index (κ1) is 13.5. The topological polar surface area (TPSA) is 37.3 Å². The normalized spacial score (nSPS) is 12.9. The van der Waals surface area contributed by atoms with Crippen LogP contribution in [0.4, 0.5) is 0 Å². The molecule has 0 bridgehead atoms. The van der Waals surface area contributed by atoms with Crippen molar-refractivity contribution in [1.82, 2.24) is 0 Å². The molecule has 0 aliphatic carbocycles. The molecule has 0 amide bonds. The van der Waals surface area contributed by atoms with E-state index in [1.165, 1.54) is 0 Å². The highest BCUT2D eigenvalue weighted by atomic mass is 16.4. The van der Waals surface area contributed by atoms with E-state index < -0.39 is 5.97 Å². The first-order valence-electron chi connectivity index (χ1n) is 5.57. The maximum absolute atomic E-state index is 10.8. The molecule has 0 atom stereocenters. The van der Waals surface area contributed by atoms with Gasteiger partial charge < -0.3 is 5.11 Å². The summed E-state index contributed by atoms with van der Waals surface area (Å²) >= 11 is 0. The van der Waals surface area contributed by atoms with Gasteiger partial charge in [-0.05, 0) is 30.1 Å². The van der Waals surface area contributed by atoms with Gasteiger partial charge in [0.05, 0.1) is 6.42 Å². The zero-order valence-electron chi connectivity index (χ0n) is 10.2. The van der Waals surface area contributed by atoms with Gasteiger partial charge >= 0.3 is 5.97 Å². The fraction of sp³-hybridized carbons (Fsp3) is 0.917. The molecule has 2 heteroatoms. The highest BCUT2D eigenvalue weighted by Crippen LogP contribution is 2.49. The molecule has 0 fully saturated rings.